The van der Waals surface area contributed by atoms with Gasteiger partial charge in [0.15, 0.2) is 0 Å². The summed E-state index contributed by atoms with van der Waals surface area (Å²) in [6.45, 7) is 8.51. The molecule has 4 N–H and O–H groups in total. The predicted octanol–water partition coefficient (Wildman–Crippen LogP) is 2.18. The van der Waals surface area contributed by atoms with Gasteiger partial charge in [-0.05, 0) is 30.4 Å². The maximum absolute atomic E-state index is 9.11. The summed E-state index contributed by atoms with van der Waals surface area (Å²) in [6, 6.07) is 2.03. The molecule has 4 heteroatoms. The summed E-state index contributed by atoms with van der Waals surface area (Å²) in [5.41, 5.74) is 7.72. The second-order valence-corrected chi connectivity index (χ2v) is 5.47. The van der Waals surface area contributed by atoms with Crippen molar-refractivity contribution in [3.63, 3.8) is 0 Å². The number of nitrogen functional groups attached to an aromatic ring is 1. The van der Waals surface area contributed by atoms with E-state index in [1.54, 1.807) is 6.20 Å². The molecule has 0 spiro atoms. The monoisotopic (exact) mass is 237 g/mol. The largest absolute Gasteiger partial charge is 0.396 e. The van der Waals surface area contributed by atoms with Crippen LogP contribution in [0.1, 0.15) is 32.8 Å². The van der Waals surface area contributed by atoms with E-state index >= 15 is 0 Å². The van der Waals surface area contributed by atoms with Crippen LogP contribution in [-0.2, 0) is 0 Å². The van der Waals surface area contributed by atoms with Crippen molar-refractivity contribution in [2.24, 2.45) is 5.41 Å². The Morgan fingerprint density at radius 3 is 2.65 bits per heavy atom. The highest BCUT2D eigenvalue weighted by Crippen LogP contribution is 2.27. The summed E-state index contributed by atoms with van der Waals surface area (Å²) in [5, 5.41) is 12.4. The topological polar surface area (TPSA) is 71.2 Å². The number of aliphatic hydroxyl groups is 1. The highest BCUT2D eigenvalue weighted by atomic mass is 16.3. The lowest BCUT2D eigenvalue weighted by molar-refractivity contribution is 0.235. The van der Waals surface area contributed by atoms with Gasteiger partial charge >= 0.3 is 0 Å². The van der Waals surface area contributed by atoms with Crippen LogP contribution in [0.15, 0.2) is 12.3 Å². The zero-order chi connectivity index (χ0) is 13.1. The van der Waals surface area contributed by atoms with Crippen molar-refractivity contribution in [2.45, 2.75) is 40.2 Å². The summed E-state index contributed by atoms with van der Waals surface area (Å²) >= 11 is 0. The number of aromatic nitrogens is 1. The van der Waals surface area contributed by atoms with Crippen molar-refractivity contribution in [3.05, 3.63) is 17.8 Å². The Morgan fingerprint density at radius 1 is 1.47 bits per heavy atom. The third kappa shape index (κ3) is 3.60. The van der Waals surface area contributed by atoms with Gasteiger partial charge in [0.25, 0.3) is 0 Å². The number of anilines is 2. The van der Waals surface area contributed by atoms with E-state index in [2.05, 4.69) is 31.1 Å². The molecule has 1 heterocycles. The number of rotatable bonds is 4. The highest BCUT2D eigenvalue weighted by Gasteiger charge is 2.24. The summed E-state index contributed by atoms with van der Waals surface area (Å²) < 4.78 is 0. The number of nitrogens with one attached hydrogen (secondary N) is 1. The Balaban J connectivity index is 2.90. The molecule has 1 unspecified atom stereocenters. The molecule has 1 atom stereocenters. The van der Waals surface area contributed by atoms with Crippen LogP contribution < -0.4 is 11.1 Å². The molecule has 0 aliphatic carbocycles. The standard InChI is InChI=1S/C13H23N3O/c1-9-5-7-15-12(11(9)14)16-10(6-8-17)13(2,3)4/h5,7,10,17H,6,8,14H2,1-4H3,(H,15,16). The van der Waals surface area contributed by atoms with E-state index in [1.807, 2.05) is 13.0 Å². The van der Waals surface area contributed by atoms with Gasteiger partial charge in [-0.2, -0.15) is 0 Å². The average molecular weight is 237 g/mol. The second-order valence-electron chi connectivity index (χ2n) is 5.47. The minimum Gasteiger partial charge on any atom is -0.396 e. The van der Waals surface area contributed by atoms with Crippen LogP contribution in [0.2, 0.25) is 0 Å². The van der Waals surface area contributed by atoms with Crippen LogP contribution >= 0.6 is 0 Å². The lowest BCUT2D eigenvalue weighted by Crippen LogP contribution is -2.35. The summed E-state index contributed by atoms with van der Waals surface area (Å²) in [5.74, 6) is 0.707. The fourth-order valence-electron chi connectivity index (χ4n) is 1.70. The van der Waals surface area contributed by atoms with Crippen LogP contribution in [0, 0.1) is 12.3 Å². The van der Waals surface area contributed by atoms with Gasteiger partial charge in [-0.15, -0.1) is 0 Å². The third-order valence-electron chi connectivity index (χ3n) is 2.98. The van der Waals surface area contributed by atoms with Crippen molar-refractivity contribution in [2.75, 3.05) is 17.7 Å². The van der Waals surface area contributed by atoms with E-state index < -0.39 is 0 Å². The lowest BCUT2D eigenvalue weighted by Gasteiger charge is -2.32. The number of nitrogens with zero attached hydrogens (tertiary/aromatic N) is 1. The highest BCUT2D eigenvalue weighted by molar-refractivity contribution is 5.65. The number of aryl methyl sites for hydroxylation is 1. The molecular formula is C13H23N3O. The lowest BCUT2D eigenvalue weighted by atomic mass is 9.85. The zero-order valence-electron chi connectivity index (χ0n) is 11.1. The fourth-order valence-corrected chi connectivity index (χ4v) is 1.70. The van der Waals surface area contributed by atoms with Gasteiger partial charge in [-0.3, -0.25) is 0 Å². The molecule has 0 fully saturated rings. The van der Waals surface area contributed by atoms with Gasteiger partial charge < -0.3 is 16.2 Å². The van der Waals surface area contributed by atoms with Gasteiger partial charge in [-0.1, -0.05) is 20.8 Å². The van der Waals surface area contributed by atoms with E-state index in [9.17, 15) is 0 Å². The Hall–Kier alpha value is -1.29. The Morgan fingerprint density at radius 2 is 2.12 bits per heavy atom. The van der Waals surface area contributed by atoms with E-state index in [1.165, 1.54) is 0 Å². The molecule has 0 bridgehead atoms. The van der Waals surface area contributed by atoms with Crippen LogP contribution in [0.3, 0.4) is 0 Å². The Bertz CT molecular complexity index is 371. The maximum Gasteiger partial charge on any atom is 0.149 e. The van der Waals surface area contributed by atoms with Crippen LogP contribution in [0.5, 0.6) is 0 Å². The first-order chi connectivity index (χ1) is 7.86. The number of hydrogen-bond acceptors (Lipinski definition) is 4. The first-order valence-corrected chi connectivity index (χ1v) is 5.94. The van der Waals surface area contributed by atoms with E-state index in [-0.39, 0.29) is 18.1 Å². The Labute approximate surface area is 103 Å². The number of pyridine rings is 1. The van der Waals surface area contributed by atoms with Crippen molar-refractivity contribution in [1.82, 2.24) is 4.98 Å². The molecule has 17 heavy (non-hydrogen) atoms. The van der Waals surface area contributed by atoms with Crippen molar-refractivity contribution in [1.29, 1.82) is 0 Å². The second kappa shape index (κ2) is 5.36. The first kappa shape index (κ1) is 13.8. The smallest absolute Gasteiger partial charge is 0.149 e. The van der Waals surface area contributed by atoms with Gasteiger partial charge in [0.1, 0.15) is 5.82 Å². The average Bonchev–Trinajstić information content (AvgIpc) is 2.22. The third-order valence-corrected chi connectivity index (χ3v) is 2.98. The van der Waals surface area contributed by atoms with Gasteiger partial charge in [0.05, 0.1) is 5.69 Å². The number of nitrogens with two attached hydrogens (primary N) is 1. The predicted molar refractivity (Wildman–Crippen MR) is 72.0 cm³/mol. The molecule has 0 radical (unpaired) electrons. The van der Waals surface area contributed by atoms with Crippen LogP contribution in [-0.4, -0.2) is 22.7 Å². The molecule has 1 rings (SSSR count). The molecule has 0 amide bonds. The molecular weight excluding hydrogens is 214 g/mol. The van der Waals surface area contributed by atoms with Crippen LogP contribution in [0.4, 0.5) is 11.5 Å². The molecule has 1 aromatic rings. The summed E-state index contributed by atoms with van der Waals surface area (Å²) in [7, 11) is 0. The Kier molecular flexibility index (Phi) is 4.34. The van der Waals surface area contributed by atoms with Crippen LogP contribution in [0.25, 0.3) is 0 Å². The minimum absolute atomic E-state index is 0.0423. The fraction of sp³-hybridized carbons (Fsp3) is 0.615. The maximum atomic E-state index is 9.11. The molecule has 0 aromatic carbocycles. The molecule has 0 saturated carbocycles. The quantitative estimate of drug-likeness (QED) is 0.750. The van der Waals surface area contributed by atoms with Crippen molar-refractivity contribution in [3.8, 4) is 0 Å². The summed E-state index contributed by atoms with van der Waals surface area (Å²) in [6.07, 6.45) is 2.42. The van der Waals surface area contributed by atoms with E-state index in [0.29, 0.717) is 17.9 Å². The van der Waals surface area contributed by atoms with Crippen molar-refractivity contribution >= 4 is 11.5 Å². The van der Waals surface area contributed by atoms with Gasteiger partial charge in [0, 0.05) is 18.8 Å². The normalized spacial score (nSPS) is 13.5. The molecule has 4 nitrogen and oxygen atoms in total. The van der Waals surface area contributed by atoms with E-state index in [0.717, 1.165) is 5.56 Å². The number of hydrogen-bond donors (Lipinski definition) is 3. The van der Waals surface area contributed by atoms with E-state index in [4.69, 9.17) is 10.8 Å². The molecule has 1 aromatic heterocycles. The first-order valence-electron chi connectivity index (χ1n) is 5.94. The SMILES string of the molecule is Cc1ccnc(NC(CCO)C(C)(C)C)c1N. The van der Waals surface area contributed by atoms with Crippen molar-refractivity contribution < 1.29 is 5.11 Å². The molecule has 0 saturated heterocycles. The number of aliphatic hydroxyl groups excluding tert-OH is 1. The minimum atomic E-state index is 0.0423. The molecule has 96 valence electrons. The molecule has 0 aliphatic heterocycles. The summed E-state index contributed by atoms with van der Waals surface area (Å²) in [4.78, 5) is 4.26. The van der Waals surface area contributed by atoms with Gasteiger partial charge in [0.2, 0.25) is 0 Å². The van der Waals surface area contributed by atoms with Gasteiger partial charge in [-0.25, -0.2) is 4.98 Å². The molecule has 0 aliphatic rings. The zero-order valence-corrected chi connectivity index (χ0v) is 11.1.